The average molecular weight is 445 g/mol. The Morgan fingerprint density at radius 2 is 1.79 bits per heavy atom. The van der Waals surface area contributed by atoms with Crippen LogP contribution >= 0.6 is 12.4 Å². The van der Waals surface area contributed by atoms with Crippen LogP contribution in [0.2, 0.25) is 0 Å². The molecule has 0 saturated heterocycles. The molecule has 1 aliphatic rings. The number of aromatic nitrogens is 4. The summed E-state index contributed by atoms with van der Waals surface area (Å²) in [5.74, 6) is 0. The molecule has 0 radical (unpaired) electrons. The zero-order valence-electron chi connectivity index (χ0n) is 17.7. The average Bonchev–Trinajstić information content (AvgIpc) is 3.04. The number of nitrogens with one attached hydrogen (secondary N) is 1. The first-order chi connectivity index (χ1) is 13.3. The summed E-state index contributed by atoms with van der Waals surface area (Å²) in [5.41, 5.74) is 0.877. The van der Waals surface area contributed by atoms with Crippen LogP contribution in [-0.2, 0) is 23.0 Å². The van der Waals surface area contributed by atoms with Crippen molar-refractivity contribution in [3.05, 3.63) is 18.2 Å². The highest BCUT2D eigenvalue weighted by Gasteiger charge is 2.38. The van der Waals surface area contributed by atoms with E-state index >= 15 is 0 Å². The lowest BCUT2D eigenvalue weighted by atomic mass is 9.79. The zero-order chi connectivity index (χ0) is 20.3. The van der Waals surface area contributed by atoms with Crippen molar-refractivity contribution >= 4 is 34.3 Å². The summed E-state index contributed by atoms with van der Waals surface area (Å²) in [6.45, 7) is 10.4. The van der Waals surface area contributed by atoms with E-state index in [9.17, 15) is 8.42 Å². The molecule has 1 N–H and O–H groups in total. The third kappa shape index (κ3) is 5.25. The van der Waals surface area contributed by atoms with Crippen LogP contribution in [0.3, 0.4) is 0 Å². The minimum absolute atomic E-state index is 0. The van der Waals surface area contributed by atoms with Crippen LogP contribution in [0.15, 0.2) is 12.5 Å². The van der Waals surface area contributed by atoms with Gasteiger partial charge in [-0.05, 0) is 40.5 Å². The fourth-order valence-electron chi connectivity index (χ4n) is 4.49. The molecule has 8 nitrogen and oxygen atoms in total. The second-order valence-electron chi connectivity index (χ2n) is 8.26. The molecule has 0 bridgehead atoms. The molecule has 2 heterocycles. The number of halogens is 1. The lowest BCUT2D eigenvalue weighted by molar-refractivity contribution is 0.167. The van der Waals surface area contributed by atoms with Gasteiger partial charge in [-0.1, -0.05) is 19.3 Å². The van der Waals surface area contributed by atoms with Crippen molar-refractivity contribution in [2.45, 2.75) is 84.0 Å². The summed E-state index contributed by atoms with van der Waals surface area (Å²) >= 11 is 0. The number of fused-ring (bicyclic) bond motifs is 1. The topological polar surface area (TPSA) is 93.0 Å². The SMILES string of the molecule is CC(C)N(CCn1ncc2c(C3(N[SH](=O)=O)CCCCC3)ncnc21)C(C)C.Cl. The third-order valence-corrected chi connectivity index (χ3v) is 6.41. The molecule has 1 saturated carbocycles. The van der Waals surface area contributed by atoms with Crippen LogP contribution in [0.4, 0.5) is 0 Å². The van der Waals surface area contributed by atoms with E-state index < -0.39 is 16.4 Å². The normalized spacial score (nSPS) is 16.8. The van der Waals surface area contributed by atoms with E-state index in [2.05, 4.69) is 52.4 Å². The second-order valence-corrected chi connectivity index (χ2v) is 9.00. The van der Waals surface area contributed by atoms with E-state index in [1.54, 1.807) is 6.20 Å². The summed E-state index contributed by atoms with van der Waals surface area (Å²) in [4.78, 5) is 11.4. The lowest BCUT2D eigenvalue weighted by Gasteiger charge is -2.35. The van der Waals surface area contributed by atoms with Gasteiger partial charge in [0, 0.05) is 18.6 Å². The Labute approximate surface area is 181 Å². The monoisotopic (exact) mass is 444 g/mol. The first-order valence-electron chi connectivity index (χ1n) is 10.2. The lowest BCUT2D eigenvalue weighted by Crippen LogP contribution is -2.44. The van der Waals surface area contributed by atoms with E-state index in [4.69, 9.17) is 0 Å². The fraction of sp³-hybridized carbons (Fsp3) is 0.737. The number of rotatable bonds is 8. The van der Waals surface area contributed by atoms with Crippen molar-refractivity contribution in [2.24, 2.45) is 0 Å². The van der Waals surface area contributed by atoms with Gasteiger partial charge in [0.25, 0.3) is 0 Å². The molecule has 164 valence electrons. The van der Waals surface area contributed by atoms with Crippen molar-refractivity contribution in [3.63, 3.8) is 0 Å². The number of hydrogen-bond donors (Lipinski definition) is 2. The molecule has 0 unspecified atom stereocenters. The van der Waals surface area contributed by atoms with Crippen LogP contribution in [0.1, 0.15) is 65.5 Å². The Balaban J connectivity index is 0.00000300. The van der Waals surface area contributed by atoms with Crippen molar-refractivity contribution in [1.29, 1.82) is 0 Å². The standard InChI is InChI=1S/C19H32N6O2S.ClH/c1-14(2)24(15(3)4)10-11-25-18-16(12-22-25)17(20-13-21-18)19(23-28(26)27)8-6-5-7-9-19;/h12-15,28H,5-11H2,1-4H3,(H,23,26,27);1H. The maximum Gasteiger partial charge on any atom is 0.202 e. The smallest absolute Gasteiger partial charge is 0.202 e. The summed E-state index contributed by atoms with van der Waals surface area (Å²) < 4.78 is 27.8. The first-order valence-corrected chi connectivity index (χ1v) is 11.4. The molecule has 1 fully saturated rings. The van der Waals surface area contributed by atoms with Crippen LogP contribution in [0.5, 0.6) is 0 Å². The molecular weight excluding hydrogens is 412 g/mol. The van der Waals surface area contributed by atoms with E-state index in [0.29, 0.717) is 12.1 Å². The summed E-state index contributed by atoms with van der Waals surface area (Å²) in [7, 11) is -2.72. The largest absolute Gasteiger partial charge is 0.297 e. The van der Waals surface area contributed by atoms with Gasteiger partial charge >= 0.3 is 0 Å². The van der Waals surface area contributed by atoms with Crippen LogP contribution in [-0.4, -0.2) is 51.7 Å². The van der Waals surface area contributed by atoms with Gasteiger partial charge in [0.15, 0.2) is 5.65 Å². The van der Waals surface area contributed by atoms with Gasteiger partial charge in [-0.3, -0.25) is 4.90 Å². The minimum Gasteiger partial charge on any atom is -0.297 e. The van der Waals surface area contributed by atoms with Crippen molar-refractivity contribution in [3.8, 4) is 0 Å². The molecule has 2 aromatic rings. The summed E-state index contributed by atoms with van der Waals surface area (Å²) in [6, 6.07) is 0.908. The Hall–Kier alpha value is -1.29. The molecule has 0 aromatic carbocycles. The van der Waals surface area contributed by atoms with Crippen LogP contribution < -0.4 is 4.72 Å². The molecule has 0 spiro atoms. The molecule has 0 atom stereocenters. The maximum atomic E-state index is 11.5. The highest BCUT2D eigenvalue weighted by Crippen LogP contribution is 2.38. The molecule has 1 aliphatic carbocycles. The van der Waals surface area contributed by atoms with E-state index in [1.165, 1.54) is 6.33 Å². The number of thiol groups is 1. The molecule has 2 aromatic heterocycles. The Kier molecular flexibility index (Phi) is 8.39. The molecule has 3 rings (SSSR count). The predicted octanol–water partition coefficient (Wildman–Crippen LogP) is 2.64. The van der Waals surface area contributed by atoms with Crippen molar-refractivity contribution in [2.75, 3.05) is 6.54 Å². The van der Waals surface area contributed by atoms with Gasteiger partial charge in [-0.15, -0.1) is 12.4 Å². The zero-order valence-corrected chi connectivity index (χ0v) is 19.4. The van der Waals surface area contributed by atoms with Gasteiger partial charge < -0.3 is 0 Å². The molecule has 0 amide bonds. The van der Waals surface area contributed by atoms with Gasteiger partial charge in [0.2, 0.25) is 10.9 Å². The Morgan fingerprint density at radius 3 is 2.38 bits per heavy atom. The van der Waals surface area contributed by atoms with E-state index in [1.807, 2.05) is 4.68 Å². The predicted molar refractivity (Wildman–Crippen MR) is 118 cm³/mol. The molecule has 0 aliphatic heterocycles. The number of nitrogens with zero attached hydrogens (tertiary/aromatic N) is 5. The minimum atomic E-state index is -2.72. The number of hydrogen-bond acceptors (Lipinski definition) is 6. The van der Waals surface area contributed by atoms with Crippen molar-refractivity contribution < 1.29 is 8.42 Å². The Bertz CT molecular complexity index is 861. The molecular formula is C19H33ClN6O2S. The van der Waals surface area contributed by atoms with E-state index in [0.717, 1.165) is 61.9 Å². The highest BCUT2D eigenvalue weighted by molar-refractivity contribution is 7.70. The first kappa shape index (κ1) is 24.0. The van der Waals surface area contributed by atoms with Crippen LogP contribution in [0.25, 0.3) is 11.0 Å². The summed E-state index contributed by atoms with van der Waals surface area (Å²) in [5, 5.41) is 5.40. The van der Waals surface area contributed by atoms with E-state index in [-0.39, 0.29) is 12.4 Å². The second kappa shape index (κ2) is 10.1. The van der Waals surface area contributed by atoms with Crippen LogP contribution in [0, 0.1) is 0 Å². The molecule has 29 heavy (non-hydrogen) atoms. The highest BCUT2D eigenvalue weighted by atomic mass is 35.5. The fourth-order valence-corrected chi connectivity index (χ4v) is 5.17. The third-order valence-electron chi connectivity index (χ3n) is 5.80. The molecule has 10 heteroatoms. The Morgan fingerprint density at radius 1 is 1.14 bits per heavy atom. The van der Waals surface area contributed by atoms with Gasteiger partial charge in [-0.25, -0.2) is 27.8 Å². The van der Waals surface area contributed by atoms with Gasteiger partial charge in [0.05, 0.1) is 29.4 Å². The van der Waals surface area contributed by atoms with Gasteiger partial charge in [-0.2, -0.15) is 5.10 Å². The summed E-state index contributed by atoms with van der Waals surface area (Å²) in [6.07, 6.45) is 7.90. The van der Waals surface area contributed by atoms with Gasteiger partial charge in [0.1, 0.15) is 6.33 Å². The quantitative estimate of drug-likeness (QED) is 0.608. The maximum absolute atomic E-state index is 11.5. The van der Waals surface area contributed by atoms with Crippen molar-refractivity contribution in [1.82, 2.24) is 29.4 Å².